The fourth-order valence-electron chi connectivity index (χ4n) is 2.64. The van der Waals surface area contributed by atoms with Gasteiger partial charge in [-0.15, -0.1) is 0 Å². The standard InChI is InChI=1S/C14H20N2O4/c1-9-6-11(14(15)17)12(7-13(9)19-20-18)16-8-10-4-2-3-5-10/h6-7,10,16,18H,2-5,8H2,1H3,(H2,15,17). The van der Waals surface area contributed by atoms with Gasteiger partial charge in [-0.1, -0.05) is 12.8 Å². The molecule has 1 amide bonds. The maximum atomic E-state index is 11.5. The Labute approximate surface area is 117 Å². The first-order valence-electron chi connectivity index (χ1n) is 6.78. The first-order valence-corrected chi connectivity index (χ1v) is 6.78. The SMILES string of the molecule is Cc1cc(C(N)=O)c(NCC2CCCC2)cc1OOO. The van der Waals surface area contributed by atoms with Crippen LogP contribution in [0, 0.1) is 12.8 Å². The van der Waals surface area contributed by atoms with E-state index in [9.17, 15) is 4.79 Å². The van der Waals surface area contributed by atoms with E-state index in [4.69, 9.17) is 11.0 Å². The molecule has 0 radical (unpaired) electrons. The number of hydrogen-bond acceptors (Lipinski definition) is 5. The van der Waals surface area contributed by atoms with Crippen LogP contribution >= 0.6 is 0 Å². The van der Waals surface area contributed by atoms with Gasteiger partial charge in [-0.25, -0.2) is 5.26 Å². The van der Waals surface area contributed by atoms with Gasteiger partial charge in [0.05, 0.1) is 11.3 Å². The van der Waals surface area contributed by atoms with Gasteiger partial charge in [0.1, 0.15) is 0 Å². The summed E-state index contributed by atoms with van der Waals surface area (Å²) in [5, 5.41) is 15.3. The topological polar surface area (TPSA) is 93.8 Å². The highest BCUT2D eigenvalue weighted by Crippen LogP contribution is 2.29. The van der Waals surface area contributed by atoms with E-state index in [-0.39, 0.29) is 0 Å². The lowest BCUT2D eigenvalue weighted by molar-refractivity contribution is -0.439. The molecule has 0 saturated heterocycles. The lowest BCUT2D eigenvalue weighted by Crippen LogP contribution is -2.18. The quantitative estimate of drug-likeness (QED) is 0.550. The molecule has 0 aliphatic heterocycles. The van der Waals surface area contributed by atoms with Crippen molar-refractivity contribution in [3.63, 3.8) is 0 Å². The summed E-state index contributed by atoms with van der Waals surface area (Å²) in [4.78, 5) is 16.1. The van der Waals surface area contributed by atoms with E-state index in [0.717, 1.165) is 6.54 Å². The van der Waals surface area contributed by atoms with Crippen molar-refractivity contribution < 1.29 is 20.0 Å². The molecule has 1 aliphatic rings. The lowest BCUT2D eigenvalue weighted by atomic mass is 10.1. The van der Waals surface area contributed by atoms with Crippen LogP contribution in [0.1, 0.15) is 41.6 Å². The zero-order chi connectivity index (χ0) is 14.5. The van der Waals surface area contributed by atoms with Crippen LogP contribution in [0.15, 0.2) is 12.1 Å². The van der Waals surface area contributed by atoms with Gasteiger partial charge in [-0.3, -0.25) is 4.79 Å². The average Bonchev–Trinajstić information content (AvgIpc) is 2.92. The largest absolute Gasteiger partial charge is 0.384 e. The van der Waals surface area contributed by atoms with E-state index in [0.29, 0.717) is 28.5 Å². The van der Waals surface area contributed by atoms with Crippen LogP contribution in [0.2, 0.25) is 0 Å². The van der Waals surface area contributed by atoms with Crippen molar-refractivity contribution in [1.82, 2.24) is 0 Å². The van der Waals surface area contributed by atoms with Crippen LogP contribution in [0.25, 0.3) is 0 Å². The van der Waals surface area contributed by atoms with Gasteiger partial charge >= 0.3 is 0 Å². The van der Waals surface area contributed by atoms with Gasteiger partial charge in [-0.2, -0.15) is 0 Å². The third-order valence-corrected chi connectivity index (χ3v) is 3.76. The number of hydrogen-bond donors (Lipinski definition) is 3. The van der Waals surface area contributed by atoms with Crippen molar-refractivity contribution in [1.29, 1.82) is 0 Å². The Balaban J connectivity index is 2.18. The third kappa shape index (κ3) is 3.40. The number of rotatable bonds is 6. The Morgan fingerprint density at radius 2 is 2.15 bits per heavy atom. The first-order chi connectivity index (χ1) is 9.61. The fourth-order valence-corrected chi connectivity index (χ4v) is 2.64. The predicted molar refractivity (Wildman–Crippen MR) is 74.5 cm³/mol. The van der Waals surface area contributed by atoms with Gasteiger partial charge in [0.2, 0.25) is 0 Å². The highest BCUT2D eigenvalue weighted by atomic mass is 17.5. The summed E-state index contributed by atoms with van der Waals surface area (Å²) in [6.45, 7) is 2.53. The fraction of sp³-hybridized carbons (Fsp3) is 0.500. The second-order valence-corrected chi connectivity index (χ2v) is 5.22. The molecule has 6 nitrogen and oxygen atoms in total. The molecule has 6 heteroatoms. The number of nitrogens with two attached hydrogens (primary N) is 1. The minimum Gasteiger partial charge on any atom is -0.384 e. The van der Waals surface area contributed by atoms with Gasteiger partial charge in [0.15, 0.2) is 5.75 Å². The zero-order valence-corrected chi connectivity index (χ0v) is 11.5. The first kappa shape index (κ1) is 14.6. The number of anilines is 1. The van der Waals surface area contributed by atoms with Crippen LogP contribution in [-0.2, 0) is 5.04 Å². The predicted octanol–water partition coefficient (Wildman–Crippen LogP) is 2.48. The molecule has 4 N–H and O–H groups in total. The molecule has 20 heavy (non-hydrogen) atoms. The van der Waals surface area contributed by atoms with Crippen molar-refractivity contribution in [2.24, 2.45) is 11.7 Å². The van der Waals surface area contributed by atoms with Crippen molar-refractivity contribution in [3.8, 4) is 5.75 Å². The van der Waals surface area contributed by atoms with E-state index < -0.39 is 5.91 Å². The molecule has 2 rings (SSSR count). The Morgan fingerprint density at radius 1 is 1.45 bits per heavy atom. The lowest BCUT2D eigenvalue weighted by Gasteiger charge is -2.16. The molecule has 1 aliphatic carbocycles. The molecule has 1 aromatic rings. The molecule has 1 aromatic carbocycles. The van der Waals surface area contributed by atoms with Gasteiger partial charge in [0.25, 0.3) is 5.91 Å². The van der Waals surface area contributed by atoms with Crippen molar-refractivity contribution >= 4 is 11.6 Å². The van der Waals surface area contributed by atoms with E-state index >= 15 is 0 Å². The van der Waals surface area contributed by atoms with Crippen LogP contribution in [0.4, 0.5) is 5.69 Å². The van der Waals surface area contributed by atoms with E-state index in [2.05, 4.69) is 15.2 Å². The average molecular weight is 280 g/mol. The van der Waals surface area contributed by atoms with Gasteiger partial charge in [-0.05, 0) is 42.4 Å². The Bertz CT molecular complexity index is 484. The molecule has 0 aromatic heterocycles. The van der Waals surface area contributed by atoms with Gasteiger partial charge < -0.3 is 15.9 Å². The van der Waals surface area contributed by atoms with Crippen LogP contribution in [0.3, 0.4) is 0 Å². The summed E-state index contributed by atoms with van der Waals surface area (Å²) < 4.78 is 0. The monoisotopic (exact) mass is 280 g/mol. The van der Waals surface area contributed by atoms with Crippen LogP contribution in [-0.4, -0.2) is 17.7 Å². The van der Waals surface area contributed by atoms with Crippen molar-refractivity contribution in [3.05, 3.63) is 23.3 Å². The maximum Gasteiger partial charge on any atom is 0.250 e. The number of primary amides is 1. The molecule has 0 unspecified atom stereocenters. The number of benzene rings is 1. The summed E-state index contributed by atoms with van der Waals surface area (Å²) in [6.07, 6.45) is 4.92. The van der Waals surface area contributed by atoms with Crippen molar-refractivity contribution in [2.45, 2.75) is 32.6 Å². The van der Waals surface area contributed by atoms with E-state index in [1.54, 1.807) is 19.1 Å². The number of aryl methyl sites for hydroxylation is 1. The number of nitrogens with one attached hydrogen (secondary N) is 1. The smallest absolute Gasteiger partial charge is 0.250 e. The molecule has 110 valence electrons. The second kappa shape index (κ2) is 6.58. The molecule has 1 saturated carbocycles. The highest BCUT2D eigenvalue weighted by molar-refractivity contribution is 5.99. The third-order valence-electron chi connectivity index (χ3n) is 3.76. The number of amides is 1. The minimum absolute atomic E-state index is 0.339. The van der Waals surface area contributed by atoms with Crippen molar-refractivity contribution in [2.75, 3.05) is 11.9 Å². The second-order valence-electron chi connectivity index (χ2n) is 5.22. The highest BCUT2D eigenvalue weighted by Gasteiger charge is 2.17. The Morgan fingerprint density at radius 3 is 2.75 bits per heavy atom. The summed E-state index contributed by atoms with van der Waals surface area (Å²) in [7, 11) is 0. The van der Waals surface area contributed by atoms with Gasteiger partial charge in [0, 0.05) is 12.6 Å². The molecule has 0 heterocycles. The van der Waals surface area contributed by atoms with E-state index in [1.165, 1.54) is 25.7 Å². The molecule has 1 fully saturated rings. The molecule has 0 spiro atoms. The molecular formula is C14H20N2O4. The maximum absolute atomic E-state index is 11.5. The normalized spacial score (nSPS) is 15.3. The zero-order valence-electron chi connectivity index (χ0n) is 11.5. The number of carbonyl (C=O) groups excluding carboxylic acids is 1. The number of carbonyl (C=O) groups is 1. The van der Waals surface area contributed by atoms with Crippen LogP contribution in [0.5, 0.6) is 5.75 Å². The van der Waals surface area contributed by atoms with E-state index in [1.807, 2.05) is 0 Å². The molecular weight excluding hydrogens is 260 g/mol. The molecule has 0 atom stereocenters. The summed E-state index contributed by atoms with van der Waals surface area (Å²) >= 11 is 0. The minimum atomic E-state index is -0.501. The Hall–Kier alpha value is -1.79. The summed E-state index contributed by atoms with van der Waals surface area (Å²) in [5.41, 5.74) is 7.05. The van der Waals surface area contributed by atoms with Crippen LogP contribution < -0.4 is 15.9 Å². The summed E-state index contributed by atoms with van der Waals surface area (Å²) in [6, 6.07) is 3.23. The summed E-state index contributed by atoms with van der Waals surface area (Å²) in [5.74, 6) is 0.459. The molecule has 0 bridgehead atoms. The Kier molecular flexibility index (Phi) is 4.81.